The van der Waals surface area contributed by atoms with E-state index >= 15 is 0 Å². The monoisotopic (exact) mass is 358 g/mol. The van der Waals surface area contributed by atoms with Gasteiger partial charge in [-0.05, 0) is 49.2 Å². The van der Waals surface area contributed by atoms with E-state index in [1.54, 1.807) is 24.3 Å². The summed E-state index contributed by atoms with van der Waals surface area (Å²) in [5.41, 5.74) is 4.07. The Morgan fingerprint density at radius 3 is 2.22 bits per heavy atom. The van der Waals surface area contributed by atoms with Crippen molar-refractivity contribution in [3.63, 3.8) is 0 Å². The highest BCUT2D eigenvalue weighted by Gasteiger charge is 2.08. The van der Waals surface area contributed by atoms with Crippen molar-refractivity contribution in [1.29, 1.82) is 0 Å². The van der Waals surface area contributed by atoms with Crippen LogP contribution in [0, 0.1) is 6.92 Å². The molecule has 0 aliphatic heterocycles. The van der Waals surface area contributed by atoms with E-state index in [1.165, 1.54) is 0 Å². The average Bonchev–Trinajstić information content (AvgIpc) is 2.67. The number of amides is 2. The molecule has 0 aliphatic rings. The maximum absolute atomic E-state index is 12.4. The van der Waals surface area contributed by atoms with Gasteiger partial charge in [0.2, 0.25) is 5.91 Å². The molecule has 0 aromatic heterocycles. The van der Waals surface area contributed by atoms with Crippen molar-refractivity contribution in [2.75, 3.05) is 10.6 Å². The Balaban J connectivity index is 1.58. The summed E-state index contributed by atoms with van der Waals surface area (Å²) in [5, 5.41) is 5.75. The van der Waals surface area contributed by atoms with Crippen LogP contribution in [0.3, 0.4) is 0 Å². The highest BCUT2D eigenvalue weighted by molar-refractivity contribution is 6.04. The zero-order chi connectivity index (χ0) is 19.1. The van der Waals surface area contributed by atoms with Crippen LogP contribution >= 0.6 is 0 Å². The molecule has 3 rings (SSSR count). The third kappa shape index (κ3) is 5.54. The Labute approximate surface area is 159 Å². The number of carbonyl (C=O) groups excluding carboxylic acids is 2. The maximum Gasteiger partial charge on any atom is 0.255 e. The van der Waals surface area contributed by atoms with Crippen LogP contribution in [0.1, 0.15) is 27.9 Å². The summed E-state index contributed by atoms with van der Waals surface area (Å²) < 4.78 is 0. The molecule has 136 valence electrons. The van der Waals surface area contributed by atoms with Gasteiger partial charge in [-0.25, -0.2) is 0 Å². The lowest BCUT2D eigenvalue weighted by Crippen LogP contribution is -2.14. The maximum atomic E-state index is 12.4. The van der Waals surface area contributed by atoms with Crippen LogP contribution in [0.4, 0.5) is 11.4 Å². The van der Waals surface area contributed by atoms with E-state index in [9.17, 15) is 9.59 Å². The Morgan fingerprint density at radius 1 is 0.778 bits per heavy atom. The number of aryl methyl sites for hydroxylation is 2. The highest BCUT2D eigenvalue weighted by atomic mass is 16.2. The third-order valence-electron chi connectivity index (χ3n) is 4.17. The van der Waals surface area contributed by atoms with E-state index in [2.05, 4.69) is 10.6 Å². The second-order valence-electron chi connectivity index (χ2n) is 6.44. The number of rotatable bonds is 6. The van der Waals surface area contributed by atoms with Crippen molar-refractivity contribution in [1.82, 2.24) is 0 Å². The van der Waals surface area contributed by atoms with E-state index < -0.39 is 0 Å². The topological polar surface area (TPSA) is 58.2 Å². The first kappa shape index (κ1) is 18.4. The summed E-state index contributed by atoms with van der Waals surface area (Å²) >= 11 is 0. The number of hydrogen-bond donors (Lipinski definition) is 2. The minimum Gasteiger partial charge on any atom is -0.326 e. The third-order valence-corrected chi connectivity index (χ3v) is 4.17. The molecule has 0 radical (unpaired) electrons. The lowest BCUT2D eigenvalue weighted by molar-refractivity contribution is -0.116. The van der Waals surface area contributed by atoms with Gasteiger partial charge in [0.1, 0.15) is 0 Å². The van der Waals surface area contributed by atoms with Gasteiger partial charge >= 0.3 is 0 Å². The summed E-state index contributed by atoms with van der Waals surface area (Å²) in [6.45, 7) is 1.95. The number of carbonyl (C=O) groups is 2. The first-order valence-electron chi connectivity index (χ1n) is 8.92. The smallest absolute Gasteiger partial charge is 0.255 e. The van der Waals surface area contributed by atoms with Crippen molar-refractivity contribution < 1.29 is 9.59 Å². The Hall–Kier alpha value is -3.40. The van der Waals surface area contributed by atoms with E-state index in [4.69, 9.17) is 0 Å². The fourth-order valence-corrected chi connectivity index (χ4v) is 2.79. The molecular formula is C23H22N2O2. The fraction of sp³-hybridized carbons (Fsp3) is 0.130. The van der Waals surface area contributed by atoms with Crippen molar-refractivity contribution in [2.45, 2.75) is 19.8 Å². The van der Waals surface area contributed by atoms with E-state index in [0.717, 1.165) is 11.1 Å². The first-order chi connectivity index (χ1) is 13.1. The van der Waals surface area contributed by atoms with Gasteiger partial charge in [-0.15, -0.1) is 0 Å². The van der Waals surface area contributed by atoms with Crippen molar-refractivity contribution in [3.05, 3.63) is 95.6 Å². The van der Waals surface area contributed by atoms with Crippen molar-refractivity contribution >= 4 is 23.2 Å². The molecule has 0 fully saturated rings. The zero-order valence-electron chi connectivity index (χ0n) is 15.2. The second kappa shape index (κ2) is 8.81. The van der Waals surface area contributed by atoms with Crippen LogP contribution in [0.25, 0.3) is 0 Å². The highest BCUT2D eigenvalue weighted by Crippen LogP contribution is 2.17. The van der Waals surface area contributed by atoms with Crippen LogP contribution in [0.15, 0.2) is 78.9 Å². The van der Waals surface area contributed by atoms with Crippen molar-refractivity contribution in [3.8, 4) is 0 Å². The molecule has 4 heteroatoms. The molecule has 0 saturated carbocycles. The SMILES string of the molecule is Cc1cccc(C(=O)Nc2cccc(NC(=O)CCc3ccccc3)c2)c1. The lowest BCUT2D eigenvalue weighted by Gasteiger charge is -2.09. The largest absolute Gasteiger partial charge is 0.326 e. The molecule has 0 saturated heterocycles. The Morgan fingerprint density at radius 2 is 1.48 bits per heavy atom. The van der Waals surface area contributed by atoms with Gasteiger partial charge in [0, 0.05) is 23.4 Å². The molecule has 3 aromatic rings. The summed E-state index contributed by atoms with van der Waals surface area (Å²) in [6, 6.07) is 24.5. The van der Waals surface area contributed by atoms with E-state index in [0.29, 0.717) is 29.8 Å². The molecule has 0 atom stereocenters. The molecule has 0 spiro atoms. The van der Waals surface area contributed by atoms with Gasteiger partial charge in [0.25, 0.3) is 5.91 Å². The minimum absolute atomic E-state index is 0.0546. The molecule has 3 aromatic carbocycles. The van der Waals surface area contributed by atoms with Gasteiger partial charge in [-0.2, -0.15) is 0 Å². The normalized spacial score (nSPS) is 10.3. The summed E-state index contributed by atoms with van der Waals surface area (Å²) in [6.07, 6.45) is 1.10. The van der Waals surface area contributed by atoms with Gasteiger partial charge in [-0.1, -0.05) is 54.1 Å². The molecule has 0 bridgehead atoms. The molecule has 2 amide bonds. The van der Waals surface area contributed by atoms with Crippen LogP contribution in [0.5, 0.6) is 0 Å². The number of hydrogen-bond acceptors (Lipinski definition) is 2. The predicted octanol–water partition coefficient (Wildman–Crippen LogP) is 4.82. The quantitative estimate of drug-likeness (QED) is 0.664. The number of nitrogens with one attached hydrogen (secondary N) is 2. The molecule has 0 heterocycles. The van der Waals surface area contributed by atoms with Crippen LogP contribution in [0.2, 0.25) is 0 Å². The fourth-order valence-electron chi connectivity index (χ4n) is 2.79. The summed E-state index contributed by atoms with van der Waals surface area (Å²) in [7, 11) is 0. The summed E-state index contributed by atoms with van der Waals surface area (Å²) in [4.78, 5) is 24.5. The molecular weight excluding hydrogens is 336 g/mol. The molecule has 0 aliphatic carbocycles. The van der Waals surface area contributed by atoms with E-state index in [-0.39, 0.29) is 11.8 Å². The minimum atomic E-state index is -0.175. The predicted molar refractivity (Wildman–Crippen MR) is 109 cm³/mol. The van der Waals surface area contributed by atoms with Gasteiger partial charge < -0.3 is 10.6 Å². The first-order valence-corrected chi connectivity index (χ1v) is 8.92. The second-order valence-corrected chi connectivity index (χ2v) is 6.44. The van der Waals surface area contributed by atoms with Gasteiger partial charge in [-0.3, -0.25) is 9.59 Å². The lowest BCUT2D eigenvalue weighted by atomic mass is 10.1. The summed E-state index contributed by atoms with van der Waals surface area (Å²) in [5.74, 6) is -0.229. The number of benzene rings is 3. The molecule has 0 unspecified atom stereocenters. The van der Waals surface area contributed by atoms with Crippen LogP contribution < -0.4 is 10.6 Å². The standard InChI is InChI=1S/C23H22N2O2/c1-17-7-5-10-19(15-17)23(27)25-21-12-6-11-20(16-21)24-22(26)14-13-18-8-3-2-4-9-18/h2-12,15-16H,13-14H2,1H3,(H,24,26)(H,25,27). The molecule has 27 heavy (non-hydrogen) atoms. The average molecular weight is 358 g/mol. The van der Waals surface area contributed by atoms with Crippen molar-refractivity contribution in [2.24, 2.45) is 0 Å². The zero-order valence-corrected chi connectivity index (χ0v) is 15.2. The van der Waals surface area contributed by atoms with E-state index in [1.807, 2.05) is 61.5 Å². The van der Waals surface area contributed by atoms with Crippen LogP contribution in [-0.4, -0.2) is 11.8 Å². The number of anilines is 2. The molecule has 2 N–H and O–H groups in total. The molecule has 4 nitrogen and oxygen atoms in total. The van der Waals surface area contributed by atoms with Gasteiger partial charge in [0.15, 0.2) is 0 Å². The van der Waals surface area contributed by atoms with Crippen LogP contribution in [-0.2, 0) is 11.2 Å². The Bertz CT molecular complexity index is 936. The van der Waals surface area contributed by atoms with Gasteiger partial charge in [0.05, 0.1) is 0 Å². The Kier molecular flexibility index (Phi) is 6.00.